The fourth-order valence-corrected chi connectivity index (χ4v) is 3.59. The van der Waals surface area contributed by atoms with Gasteiger partial charge in [0, 0.05) is 5.56 Å². The van der Waals surface area contributed by atoms with Gasteiger partial charge in [-0.15, -0.1) is 11.3 Å². The fourth-order valence-electron chi connectivity index (χ4n) is 2.57. The topological polar surface area (TPSA) is 12.9 Å². The summed E-state index contributed by atoms with van der Waals surface area (Å²) in [7, 11) is 0. The third-order valence-corrected chi connectivity index (χ3v) is 4.81. The Labute approximate surface area is 139 Å². The third-order valence-electron chi connectivity index (χ3n) is 3.74. The number of fused-ring (bicyclic) bond motifs is 1. The van der Waals surface area contributed by atoms with Gasteiger partial charge in [0.15, 0.2) is 0 Å². The maximum Gasteiger partial charge on any atom is 0.125 e. The number of nitrogens with zero attached hydrogens (tertiary/aromatic N) is 1. The molecule has 110 valence electrons. The molecule has 0 spiro atoms. The van der Waals surface area contributed by atoms with E-state index in [1.54, 1.807) is 11.3 Å². The molecule has 3 aromatic carbocycles. The Morgan fingerprint density at radius 1 is 0.696 bits per heavy atom. The molecule has 4 aromatic rings. The molecule has 1 heterocycles. The van der Waals surface area contributed by atoms with Crippen LogP contribution < -0.4 is 0 Å². The number of aromatic nitrogens is 1. The summed E-state index contributed by atoms with van der Waals surface area (Å²) in [4.78, 5) is 4.78. The normalized spacial score (nSPS) is 11.3. The highest BCUT2D eigenvalue weighted by Gasteiger charge is 2.08. The van der Waals surface area contributed by atoms with Crippen molar-refractivity contribution in [2.45, 2.75) is 0 Å². The van der Waals surface area contributed by atoms with Crippen LogP contribution in [0.1, 0.15) is 11.1 Å². The second-order valence-electron chi connectivity index (χ2n) is 5.32. The average Bonchev–Trinajstić information content (AvgIpc) is 3.05. The van der Waals surface area contributed by atoms with E-state index in [0.29, 0.717) is 0 Å². The highest BCUT2D eigenvalue weighted by atomic mass is 32.1. The number of hydrogen-bond donors (Lipinski definition) is 0. The van der Waals surface area contributed by atoms with Crippen molar-refractivity contribution in [3.05, 3.63) is 90.0 Å². The minimum atomic E-state index is 1.06. The van der Waals surface area contributed by atoms with Crippen molar-refractivity contribution in [1.29, 1.82) is 0 Å². The summed E-state index contributed by atoms with van der Waals surface area (Å²) in [5.41, 5.74) is 4.64. The molecular formula is C21H15NS. The predicted molar refractivity (Wildman–Crippen MR) is 100 cm³/mol. The number of hydrogen-bond acceptors (Lipinski definition) is 2. The third kappa shape index (κ3) is 2.94. The quantitative estimate of drug-likeness (QED) is 0.414. The molecule has 0 saturated heterocycles. The first-order valence-electron chi connectivity index (χ1n) is 7.58. The second-order valence-corrected chi connectivity index (χ2v) is 6.35. The molecule has 0 radical (unpaired) electrons. The van der Waals surface area contributed by atoms with Gasteiger partial charge >= 0.3 is 0 Å². The zero-order valence-corrected chi connectivity index (χ0v) is 13.3. The molecule has 0 atom stereocenters. The summed E-state index contributed by atoms with van der Waals surface area (Å²) in [6.45, 7) is 0. The molecule has 1 nitrogen and oxygen atoms in total. The molecule has 1 aromatic heterocycles. The molecule has 0 aliphatic heterocycles. The zero-order valence-electron chi connectivity index (χ0n) is 12.5. The predicted octanol–water partition coefficient (Wildman–Crippen LogP) is 6.13. The lowest BCUT2D eigenvalue weighted by Crippen LogP contribution is -1.81. The van der Waals surface area contributed by atoms with Crippen LogP contribution in [0.3, 0.4) is 0 Å². The summed E-state index contributed by atoms with van der Waals surface area (Å²) >= 11 is 1.74. The van der Waals surface area contributed by atoms with Gasteiger partial charge in [-0.25, -0.2) is 4.98 Å². The molecule has 0 N–H and O–H groups in total. The van der Waals surface area contributed by atoms with Gasteiger partial charge in [0.1, 0.15) is 5.01 Å². The van der Waals surface area contributed by atoms with Gasteiger partial charge in [0.2, 0.25) is 0 Å². The van der Waals surface area contributed by atoms with Crippen molar-refractivity contribution in [2.24, 2.45) is 0 Å². The molecule has 0 aliphatic carbocycles. The van der Waals surface area contributed by atoms with Gasteiger partial charge < -0.3 is 0 Å². The van der Waals surface area contributed by atoms with Gasteiger partial charge in [-0.2, -0.15) is 0 Å². The van der Waals surface area contributed by atoms with E-state index in [2.05, 4.69) is 78.9 Å². The lowest BCUT2D eigenvalue weighted by molar-refractivity contribution is 1.47. The molecule has 0 fully saturated rings. The number of para-hydroxylation sites is 1. The second kappa shape index (κ2) is 6.19. The van der Waals surface area contributed by atoms with Crippen LogP contribution in [0.5, 0.6) is 0 Å². The molecule has 0 unspecified atom stereocenters. The Hall–Kier alpha value is -2.71. The van der Waals surface area contributed by atoms with Crippen LogP contribution >= 0.6 is 11.3 Å². The molecule has 2 heteroatoms. The van der Waals surface area contributed by atoms with Crippen LogP contribution in [0.4, 0.5) is 0 Å². The SMILES string of the molecule is C(=C\c1ccccc1-c1nc2ccccc2s1)/c1ccccc1. The van der Waals surface area contributed by atoms with Crippen molar-refractivity contribution < 1.29 is 0 Å². The number of thiazole rings is 1. The molecule has 23 heavy (non-hydrogen) atoms. The van der Waals surface area contributed by atoms with Gasteiger partial charge in [-0.05, 0) is 23.3 Å². The molecular weight excluding hydrogens is 298 g/mol. The van der Waals surface area contributed by atoms with E-state index in [9.17, 15) is 0 Å². The Morgan fingerprint density at radius 3 is 2.30 bits per heavy atom. The van der Waals surface area contributed by atoms with E-state index in [4.69, 9.17) is 4.98 Å². The van der Waals surface area contributed by atoms with Gasteiger partial charge in [0.05, 0.1) is 10.2 Å². The van der Waals surface area contributed by atoms with E-state index in [1.165, 1.54) is 21.4 Å². The molecule has 0 bridgehead atoms. The zero-order chi connectivity index (χ0) is 15.5. The minimum Gasteiger partial charge on any atom is -0.236 e. The Bertz CT molecular complexity index is 934. The summed E-state index contributed by atoms with van der Waals surface area (Å²) < 4.78 is 1.23. The van der Waals surface area contributed by atoms with Crippen LogP contribution in [0, 0.1) is 0 Å². The Morgan fingerprint density at radius 2 is 1.43 bits per heavy atom. The highest BCUT2D eigenvalue weighted by Crippen LogP contribution is 2.32. The van der Waals surface area contributed by atoms with Crippen LogP contribution in [0.25, 0.3) is 32.9 Å². The first-order chi connectivity index (χ1) is 11.4. The van der Waals surface area contributed by atoms with Crippen molar-refractivity contribution in [2.75, 3.05) is 0 Å². The molecule has 0 aliphatic rings. The van der Waals surface area contributed by atoms with Gasteiger partial charge in [-0.1, -0.05) is 78.9 Å². The smallest absolute Gasteiger partial charge is 0.125 e. The standard InChI is InChI=1S/C21H15NS/c1-2-8-16(9-3-1)14-15-17-10-4-5-11-18(17)21-22-19-12-6-7-13-20(19)23-21/h1-15H/b15-14+. The summed E-state index contributed by atoms with van der Waals surface area (Å²) in [6.07, 6.45) is 4.31. The van der Waals surface area contributed by atoms with Gasteiger partial charge in [0.25, 0.3) is 0 Å². The van der Waals surface area contributed by atoms with Crippen molar-refractivity contribution >= 4 is 33.7 Å². The van der Waals surface area contributed by atoms with Crippen LogP contribution in [-0.4, -0.2) is 4.98 Å². The lowest BCUT2D eigenvalue weighted by atomic mass is 10.1. The summed E-state index contributed by atoms with van der Waals surface area (Å²) in [6, 6.07) is 27.1. The first-order valence-corrected chi connectivity index (χ1v) is 8.40. The Kier molecular flexibility index (Phi) is 3.75. The van der Waals surface area contributed by atoms with Gasteiger partial charge in [-0.3, -0.25) is 0 Å². The molecule has 0 saturated carbocycles. The van der Waals surface area contributed by atoms with E-state index < -0.39 is 0 Å². The monoisotopic (exact) mass is 313 g/mol. The summed E-state index contributed by atoms with van der Waals surface area (Å²) in [5, 5.41) is 1.07. The van der Waals surface area contributed by atoms with Crippen molar-refractivity contribution in [3.63, 3.8) is 0 Å². The fraction of sp³-hybridized carbons (Fsp3) is 0. The molecule has 0 amide bonds. The molecule has 4 rings (SSSR count). The highest BCUT2D eigenvalue weighted by molar-refractivity contribution is 7.21. The number of benzene rings is 3. The Balaban J connectivity index is 1.76. The van der Waals surface area contributed by atoms with Crippen LogP contribution in [0.15, 0.2) is 78.9 Å². The van der Waals surface area contributed by atoms with Crippen molar-refractivity contribution in [3.8, 4) is 10.6 Å². The van der Waals surface area contributed by atoms with E-state index in [1.807, 2.05) is 12.1 Å². The first kappa shape index (κ1) is 13.9. The van der Waals surface area contributed by atoms with Crippen LogP contribution in [0.2, 0.25) is 0 Å². The van der Waals surface area contributed by atoms with Crippen molar-refractivity contribution in [1.82, 2.24) is 4.98 Å². The largest absolute Gasteiger partial charge is 0.236 e. The van der Waals surface area contributed by atoms with E-state index in [-0.39, 0.29) is 0 Å². The average molecular weight is 313 g/mol. The van der Waals surface area contributed by atoms with E-state index >= 15 is 0 Å². The number of rotatable bonds is 3. The van der Waals surface area contributed by atoms with Crippen LogP contribution in [-0.2, 0) is 0 Å². The minimum absolute atomic E-state index is 1.06. The van der Waals surface area contributed by atoms with E-state index in [0.717, 1.165) is 10.5 Å². The lowest BCUT2D eigenvalue weighted by Gasteiger charge is -2.02. The summed E-state index contributed by atoms with van der Waals surface area (Å²) in [5.74, 6) is 0. The maximum absolute atomic E-state index is 4.78. The maximum atomic E-state index is 4.78.